The fourth-order valence-corrected chi connectivity index (χ4v) is 3.04. The van der Waals surface area contributed by atoms with E-state index in [1.54, 1.807) is 24.3 Å². The zero-order valence-corrected chi connectivity index (χ0v) is 15.7. The van der Waals surface area contributed by atoms with E-state index in [9.17, 15) is 35.4 Å². The number of carbonyl (C=O) groups is 1. The van der Waals surface area contributed by atoms with Crippen molar-refractivity contribution in [2.45, 2.75) is 30.7 Å². The molecule has 0 aliphatic carbocycles. The molecule has 0 spiro atoms. The lowest BCUT2D eigenvalue weighted by Crippen LogP contribution is -2.60. The van der Waals surface area contributed by atoms with E-state index in [1.807, 2.05) is 6.07 Å². The van der Waals surface area contributed by atoms with Crippen molar-refractivity contribution in [3.05, 3.63) is 59.7 Å². The van der Waals surface area contributed by atoms with E-state index in [-0.39, 0.29) is 11.3 Å². The molecule has 1 saturated heterocycles. The summed E-state index contributed by atoms with van der Waals surface area (Å²) in [5.74, 6) is -1.97. The molecule has 0 aromatic heterocycles. The molecule has 5 atom stereocenters. The predicted molar refractivity (Wildman–Crippen MR) is 104 cm³/mol. The van der Waals surface area contributed by atoms with Crippen molar-refractivity contribution in [2.24, 2.45) is 0 Å². The van der Waals surface area contributed by atoms with E-state index in [0.717, 1.165) is 17.7 Å². The van der Waals surface area contributed by atoms with Gasteiger partial charge in [0.25, 0.3) is 0 Å². The summed E-state index contributed by atoms with van der Waals surface area (Å²) in [5, 5.41) is 59.2. The van der Waals surface area contributed by atoms with Gasteiger partial charge in [-0.25, -0.2) is 0 Å². The number of rotatable bonds is 6. The van der Waals surface area contributed by atoms with Gasteiger partial charge in [0.2, 0.25) is 6.29 Å². The van der Waals surface area contributed by atoms with Gasteiger partial charge in [-0.3, -0.25) is 4.79 Å². The molecular weight excluding hydrogens is 396 g/mol. The first kappa shape index (κ1) is 21.8. The van der Waals surface area contributed by atoms with Gasteiger partial charge in [-0.1, -0.05) is 36.4 Å². The number of ketones is 1. The maximum absolute atomic E-state index is 12.7. The largest absolute Gasteiger partial charge is 0.508 e. The van der Waals surface area contributed by atoms with E-state index >= 15 is 0 Å². The minimum absolute atomic E-state index is 0.308. The van der Waals surface area contributed by atoms with Crippen LogP contribution in [0.2, 0.25) is 0 Å². The summed E-state index contributed by atoms with van der Waals surface area (Å²) in [5.41, 5.74) is 0.428. The Labute approximate surface area is 171 Å². The molecule has 2 aromatic rings. The number of hydrogen-bond acceptors (Lipinski definition) is 9. The van der Waals surface area contributed by atoms with Crippen LogP contribution in [-0.2, 0) is 4.74 Å². The van der Waals surface area contributed by atoms with Crippen molar-refractivity contribution in [1.29, 1.82) is 0 Å². The van der Waals surface area contributed by atoms with Crippen molar-refractivity contribution in [3.63, 3.8) is 0 Å². The Morgan fingerprint density at radius 1 is 1.03 bits per heavy atom. The van der Waals surface area contributed by atoms with Crippen molar-refractivity contribution in [2.75, 3.05) is 6.61 Å². The van der Waals surface area contributed by atoms with Crippen LogP contribution in [0, 0.1) is 0 Å². The first-order chi connectivity index (χ1) is 14.3. The Balaban J connectivity index is 1.89. The third kappa shape index (κ3) is 4.61. The predicted octanol–water partition coefficient (Wildman–Crippen LogP) is 0.173. The normalized spacial score (nSPS) is 26.6. The van der Waals surface area contributed by atoms with Crippen LogP contribution < -0.4 is 4.74 Å². The third-order valence-corrected chi connectivity index (χ3v) is 4.63. The number of aliphatic hydroxyl groups excluding tert-OH is 4. The number of aromatic hydroxyl groups is 2. The molecule has 3 rings (SSSR count). The van der Waals surface area contributed by atoms with Crippen LogP contribution in [0.5, 0.6) is 17.2 Å². The summed E-state index contributed by atoms with van der Waals surface area (Å²) in [7, 11) is 0. The molecule has 0 bridgehead atoms. The van der Waals surface area contributed by atoms with E-state index < -0.39 is 54.6 Å². The molecule has 1 aliphatic rings. The lowest BCUT2D eigenvalue weighted by Gasteiger charge is -2.39. The van der Waals surface area contributed by atoms with Crippen LogP contribution in [0.15, 0.2) is 48.5 Å². The smallest absolute Gasteiger partial charge is 0.229 e. The maximum Gasteiger partial charge on any atom is 0.229 e. The second-order valence-corrected chi connectivity index (χ2v) is 6.76. The van der Waals surface area contributed by atoms with E-state index in [1.165, 1.54) is 12.2 Å². The zero-order chi connectivity index (χ0) is 21.8. The summed E-state index contributed by atoms with van der Waals surface area (Å²) in [6, 6.07) is 10.9. The second kappa shape index (κ2) is 9.24. The lowest BCUT2D eigenvalue weighted by molar-refractivity contribution is -0.277. The summed E-state index contributed by atoms with van der Waals surface area (Å²) in [6.07, 6.45) is -5.10. The molecule has 2 aromatic carbocycles. The number of allylic oxidation sites excluding steroid dienone is 1. The van der Waals surface area contributed by atoms with Crippen LogP contribution in [0.3, 0.4) is 0 Å². The molecule has 0 amide bonds. The molecule has 0 radical (unpaired) electrons. The molecule has 30 heavy (non-hydrogen) atoms. The molecule has 1 aliphatic heterocycles. The van der Waals surface area contributed by atoms with E-state index in [4.69, 9.17) is 9.47 Å². The first-order valence-corrected chi connectivity index (χ1v) is 9.12. The van der Waals surface area contributed by atoms with Crippen LogP contribution in [-0.4, -0.2) is 73.7 Å². The monoisotopic (exact) mass is 418 g/mol. The molecule has 0 saturated carbocycles. The molecule has 0 unspecified atom stereocenters. The minimum atomic E-state index is -1.73. The summed E-state index contributed by atoms with van der Waals surface area (Å²) in [6.45, 7) is -0.665. The van der Waals surface area contributed by atoms with Crippen molar-refractivity contribution in [1.82, 2.24) is 0 Å². The van der Waals surface area contributed by atoms with Crippen LogP contribution in [0.1, 0.15) is 15.9 Å². The fourth-order valence-electron chi connectivity index (χ4n) is 3.04. The SMILES string of the molecule is O=C(C=Cc1ccccc1)c1c(O)cc(O)cc1O[C@@H]1O[C@H](CO)[C@@H](O)[C@H](O)[C@H]1O. The molecule has 9 nitrogen and oxygen atoms in total. The number of aliphatic hydroxyl groups is 4. The highest BCUT2D eigenvalue weighted by Gasteiger charge is 2.45. The van der Waals surface area contributed by atoms with E-state index in [0.29, 0.717) is 0 Å². The zero-order valence-electron chi connectivity index (χ0n) is 15.7. The van der Waals surface area contributed by atoms with Gasteiger partial charge in [-0.05, 0) is 11.6 Å². The Bertz CT molecular complexity index is 910. The molecule has 160 valence electrons. The van der Waals surface area contributed by atoms with Gasteiger partial charge in [0.05, 0.1) is 6.61 Å². The third-order valence-electron chi connectivity index (χ3n) is 4.63. The Morgan fingerprint density at radius 2 is 1.73 bits per heavy atom. The number of carbonyl (C=O) groups excluding carboxylic acids is 1. The highest BCUT2D eigenvalue weighted by atomic mass is 16.7. The quantitative estimate of drug-likeness (QED) is 0.284. The molecule has 6 N–H and O–H groups in total. The minimum Gasteiger partial charge on any atom is -0.508 e. The Hall–Kier alpha value is -2.95. The van der Waals surface area contributed by atoms with Crippen molar-refractivity contribution >= 4 is 11.9 Å². The number of ether oxygens (including phenoxy) is 2. The number of phenolic OH excluding ortho intramolecular Hbond substituents is 2. The van der Waals surface area contributed by atoms with Crippen molar-refractivity contribution < 1.29 is 44.9 Å². The van der Waals surface area contributed by atoms with Gasteiger partial charge in [-0.2, -0.15) is 0 Å². The van der Waals surface area contributed by atoms with Gasteiger partial charge in [-0.15, -0.1) is 0 Å². The molecule has 1 fully saturated rings. The van der Waals surface area contributed by atoms with Gasteiger partial charge < -0.3 is 40.1 Å². The Morgan fingerprint density at radius 3 is 2.40 bits per heavy atom. The van der Waals surface area contributed by atoms with Crippen LogP contribution >= 0.6 is 0 Å². The van der Waals surface area contributed by atoms with Gasteiger partial charge in [0.1, 0.15) is 47.2 Å². The summed E-state index contributed by atoms with van der Waals surface area (Å²) in [4.78, 5) is 12.7. The summed E-state index contributed by atoms with van der Waals surface area (Å²) >= 11 is 0. The topological polar surface area (TPSA) is 157 Å². The molecular formula is C21H22O9. The maximum atomic E-state index is 12.7. The Kier molecular flexibility index (Phi) is 6.70. The molecule has 9 heteroatoms. The first-order valence-electron chi connectivity index (χ1n) is 9.12. The number of phenols is 2. The highest BCUT2D eigenvalue weighted by molar-refractivity contribution is 6.10. The van der Waals surface area contributed by atoms with Gasteiger partial charge in [0.15, 0.2) is 5.78 Å². The molecule has 1 heterocycles. The standard InChI is InChI=1S/C21H22O9/c22-10-16-18(26)19(27)20(28)21(30-16)29-15-9-12(23)8-14(25)17(15)13(24)7-6-11-4-2-1-3-5-11/h1-9,16,18-23,25-28H,10H2/t16-,18-,19+,20-,21-/m1/s1. The van der Waals surface area contributed by atoms with Gasteiger partial charge >= 0.3 is 0 Å². The van der Waals surface area contributed by atoms with Crippen molar-refractivity contribution in [3.8, 4) is 17.2 Å². The average Bonchev–Trinajstić information content (AvgIpc) is 2.72. The summed E-state index contributed by atoms with van der Waals surface area (Å²) < 4.78 is 10.7. The number of benzene rings is 2. The second-order valence-electron chi connectivity index (χ2n) is 6.76. The number of hydrogen-bond donors (Lipinski definition) is 6. The lowest BCUT2D eigenvalue weighted by atomic mass is 9.99. The fraction of sp³-hybridized carbons (Fsp3) is 0.286. The van der Waals surface area contributed by atoms with Crippen LogP contribution in [0.25, 0.3) is 6.08 Å². The highest BCUT2D eigenvalue weighted by Crippen LogP contribution is 2.35. The average molecular weight is 418 g/mol. The van der Waals surface area contributed by atoms with Crippen LogP contribution in [0.4, 0.5) is 0 Å². The van der Waals surface area contributed by atoms with E-state index in [2.05, 4.69) is 0 Å². The van der Waals surface area contributed by atoms with Gasteiger partial charge in [0, 0.05) is 12.1 Å².